The number of carbonyl (C=O) groups is 1. The number of hydrogen-bond donors (Lipinski definition) is 1. The number of ether oxygens (including phenoxy) is 1. The van der Waals surface area contributed by atoms with Crippen molar-refractivity contribution in [3.05, 3.63) is 65.5 Å². The monoisotopic (exact) mass is 320 g/mol. The van der Waals surface area contributed by atoms with Crippen LogP contribution in [0.4, 0.5) is 0 Å². The van der Waals surface area contributed by atoms with Gasteiger partial charge < -0.3 is 4.74 Å². The quantitative estimate of drug-likeness (QED) is 0.650. The highest BCUT2D eigenvalue weighted by molar-refractivity contribution is 7.76. The van der Waals surface area contributed by atoms with Crippen molar-refractivity contribution in [2.24, 2.45) is 0 Å². The van der Waals surface area contributed by atoms with Crippen LogP contribution in [0.15, 0.2) is 48.7 Å². The van der Waals surface area contributed by atoms with Gasteiger partial charge in [0.2, 0.25) is 11.3 Å². The molecule has 1 aromatic heterocycles. The standard InChI is InChI=1S/C15H16N2O4S/c1-21-15(18)13-7-8-14(16-9-13)11-17(22(19)20)10-12-5-3-2-4-6-12/h2-9H,10-11H2,1H3,(H,19,20). The fourth-order valence-corrected chi connectivity index (χ4v) is 2.39. The molecule has 1 heterocycles. The van der Waals surface area contributed by atoms with Gasteiger partial charge in [0, 0.05) is 12.7 Å². The summed E-state index contributed by atoms with van der Waals surface area (Å²) in [6.07, 6.45) is 1.39. The van der Waals surface area contributed by atoms with E-state index in [-0.39, 0.29) is 6.54 Å². The minimum atomic E-state index is -2.12. The fraction of sp³-hybridized carbons (Fsp3) is 0.200. The Labute approximate surface area is 131 Å². The van der Waals surface area contributed by atoms with E-state index in [2.05, 4.69) is 9.72 Å². The zero-order valence-corrected chi connectivity index (χ0v) is 12.8. The average molecular weight is 320 g/mol. The minimum Gasteiger partial charge on any atom is -0.465 e. The molecule has 0 amide bonds. The molecule has 0 saturated carbocycles. The number of aromatic nitrogens is 1. The molecular weight excluding hydrogens is 304 g/mol. The average Bonchev–Trinajstić information content (AvgIpc) is 2.55. The van der Waals surface area contributed by atoms with Crippen molar-refractivity contribution >= 4 is 17.2 Å². The predicted octanol–water partition coefficient (Wildman–Crippen LogP) is 2.01. The minimum absolute atomic E-state index is 0.194. The molecule has 116 valence electrons. The summed E-state index contributed by atoms with van der Waals surface area (Å²) in [6.45, 7) is 0.518. The largest absolute Gasteiger partial charge is 0.465 e. The first-order chi connectivity index (χ1) is 10.6. The summed E-state index contributed by atoms with van der Waals surface area (Å²) in [5.41, 5.74) is 1.85. The molecule has 0 fully saturated rings. The molecule has 0 aliphatic heterocycles. The van der Waals surface area contributed by atoms with E-state index >= 15 is 0 Å². The van der Waals surface area contributed by atoms with Crippen LogP contribution in [0.1, 0.15) is 21.6 Å². The number of carbonyl (C=O) groups excluding carboxylic acids is 1. The zero-order valence-electron chi connectivity index (χ0n) is 12.0. The molecule has 1 aromatic carbocycles. The highest BCUT2D eigenvalue weighted by Gasteiger charge is 2.14. The van der Waals surface area contributed by atoms with E-state index in [0.29, 0.717) is 17.8 Å². The molecule has 22 heavy (non-hydrogen) atoms. The third kappa shape index (κ3) is 4.45. The lowest BCUT2D eigenvalue weighted by Crippen LogP contribution is -2.25. The van der Waals surface area contributed by atoms with Gasteiger partial charge >= 0.3 is 5.97 Å². The number of esters is 1. The van der Waals surface area contributed by atoms with Gasteiger partial charge in [-0.1, -0.05) is 30.3 Å². The molecule has 0 saturated heterocycles. The number of hydrogen-bond acceptors (Lipinski definition) is 4. The van der Waals surface area contributed by atoms with E-state index in [1.165, 1.54) is 17.6 Å². The van der Waals surface area contributed by atoms with Crippen molar-refractivity contribution in [2.45, 2.75) is 13.1 Å². The topological polar surface area (TPSA) is 79.7 Å². The Morgan fingerprint density at radius 1 is 1.23 bits per heavy atom. The number of nitrogens with zero attached hydrogens (tertiary/aromatic N) is 2. The summed E-state index contributed by atoms with van der Waals surface area (Å²) in [5.74, 6) is -0.467. The molecular formula is C15H16N2O4S. The number of pyridine rings is 1. The van der Waals surface area contributed by atoms with Gasteiger partial charge in [-0.3, -0.25) is 9.54 Å². The molecule has 1 N–H and O–H groups in total. The van der Waals surface area contributed by atoms with E-state index in [9.17, 15) is 13.6 Å². The van der Waals surface area contributed by atoms with E-state index in [4.69, 9.17) is 0 Å². The Kier molecular flexibility index (Phi) is 5.76. The van der Waals surface area contributed by atoms with Crippen LogP contribution in [0.5, 0.6) is 0 Å². The molecule has 0 spiro atoms. The van der Waals surface area contributed by atoms with Gasteiger partial charge in [-0.2, -0.15) is 4.31 Å². The summed E-state index contributed by atoms with van der Waals surface area (Å²) >= 11 is -2.12. The zero-order chi connectivity index (χ0) is 15.9. The van der Waals surface area contributed by atoms with E-state index in [1.807, 2.05) is 30.3 Å². The number of rotatable bonds is 6. The van der Waals surface area contributed by atoms with Crippen LogP contribution in [0.3, 0.4) is 0 Å². The summed E-state index contributed by atoms with van der Waals surface area (Å²) in [7, 11) is 1.30. The van der Waals surface area contributed by atoms with Crippen LogP contribution in [-0.4, -0.2) is 31.1 Å². The Hall–Kier alpha value is -2.09. The summed E-state index contributed by atoms with van der Waals surface area (Å²) in [5, 5.41) is 0. The lowest BCUT2D eigenvalue weighted by molar-refractivity contribution is 0.0600. The van der Waals surface area contributed by atoms with Crippen LogP contribution in [0.2, 0.25) is 0 Å². The number of methoxy groups -OCH3 is 1. The fourth-order valence-electron chi connectivity index (χ4n) is 1.89. The van der Waals surface area contributed by atoms with Crippen molar-refractivity contribution in [3.63, 3.8) is 0 Å². The third-order valence-corrected chi connectivity index (χ3v) is 3.71. The molecule has 0 aliphatic rings. The van der Waals surface area contributed by atoms with Gasteiger partial charge in [0.1, 0.15) is 0 Å². The molecule has 1 unspecified atom stereocenters. The highest BCUT2D eigenvalue weighted by Crippen LogP contribution is 2.11. The first-order valence-electron chi connectivity index (χ1n) is 6.53. The second-order valence-electron chi connectivity index (χ2n) is 4.54. The second-order valence-corrected chi connectivity index (χ2v) is 5.52. The number of benzene rings is 1. The van der Waals surface area contributed by atoms with Gasteiger partial charge in [-0.15, -0.1) is 0 Å². The van der Waals surface area contributed by atoms with Crippen LogP contribution in [0, 0.1) is 0 Å². The summed E-state index contributed by atoms with van der Waals surface area (Å²) in [6, 6.07) is 12.6. The molecule has 7 heteroatoms. The van der Waals surface area contributed by atoms with Crippen molar-refractivity contribution in [3.8, 4) is 0 Å². The molecule has 1 atom stereocenters. The molecule has 2 rings (SSSR count). The molecule has 0 radical (unpaired) electrons. The van der Waals surface area contributed by atoms with Gasteiger partial charge in [0.25, 0.3) is 0 Å². The Balaban J connectivity index is 2.08. The summed E-state index contributed by atoms with van der Waals surface area (Å²) < 4.78 is 26.8. The first-order valence-corrected chi connectivity index (χ1v) is 7.59. The van der Waals surface area contributed by atoms with E-state index in [0.717, 1.165) is 5.56 Å². The second kappa shape index (κ2) is 7.79. The maximum Gasteiger partial charge on any atom is 0.339 e. The van der Waals surface area contributed by atoms with Gasteiger partial charge in [-0.25, -0.2) is 9.00 Å². The van der Waals surface area contributed by atoms with Crippen LogP contribution < -0.4 is 0 Å². The Morgan fingerprint density at radius 3 is 2.50 bits per heavy atom. The van der Waals surface area contributed by atoms with Crippen LogP contribution in [-0.2, 0) is 29.1 Å². The Morgan fingerprint density at radius 2 is 1.95 bits per heavy atom. The SMILES string of the molecule is COC(=O)c1ccc(CN(Cc2ccccc2)S(=O)O)nc1. The summed E-state index contributed by atoms with van der Waals surface area (Å²) in [4.78, 5) is 15.5. The van der Waals surface area contributed by atoms with Gasteiger partial charge in [-0.05, 0) is 17.7 Å². The molecule has 0 bridgehead atoms. The maximum absolute atomic E-state index is 11.5. The molecule has 0 aliphatic carbocycles. The third-order valence-electron chi connectivity index (χ3n) is 3.01. The molecule has 2 aromatic rings. The predicted molar refractivity (Wildman–Crippen MR) is 82.0 cm³/mol. The maximum atomic E-state index is 11.5. The lowest BCUT2D eigenvalue weighted by Gasteiger charge is -2.17. The van der Waals surface area contributed by atoms with Crippen molar-refractivity contribution in [1.29, 1.82) is 0 Å². The highest BCUT2D eigenvalue weighted by atomic mass is 32.2. The van der Waals surface area contributed by atoms with Crippen molar-refractivity contribution in [2.75, 3.05) is 7.11 Å². The first kappa shape index (κ1) is 16.3. The van der Waals surface area contributed by atoms with E-state index < -0.39 is 17.2 Å². The molecule has 6 nitrogen and oxygen atoms in total. The van der Waals surface area contributed by atoms with Crippen LogP contribution in [0.25, 0.3) is 0 Å². The van der Waals surface area contributed by atoms with Gasteiger partial charge in [0.05, 0.1) is 24.9 Å². The van der Waals surface area contributed by atoms with Crippen molar-refractivity contribution < 1.29 is 18.3 Å². The van der Waals surface area contributed by atoms with E-state index in [1.54, 1.807) is 12.1 Å². The normalized spacial score (nSPS) is 12.1. The lowest BCUT2D eigenvalue weighted by atomic mass is 10.2. The Bertz CT molecular complexity index is 646. The van der Waals surface area contributed by atoms with Crippen LogP contribution >= 0.6 is 0 Å². The van der Waals surface area contributed by atoms with Gasteiger partial charge in [0.15, 0.2) is 0 Å². The van der Waals surface area contributed by atoms with Crippen molar-refractivity contribution in [1.82, 2.24) is 9.29 Å². The smallest absolute Gasteiger partial charge is 0.339 e.